The maximum absolute atomic E-state index is 12.4. The Morgan fingerprint density at radius 1 is 1.27 bits per heavy atom. The van der Waals surface area contributed by atoms with E-state index < -0.39 is 5.92 Å². The van der Waals surface area contributed by atoms with Crippen LogP contribution in [0.1, 0.15) is 24.9 Å². The average molecular weight is 355 g/mol. The molecular weight excluding hydrogens is 334 g/mol. The van der Waals surface area contributed by atoms with Crippen molar-refractivity contribution in [2.45, 2.75) is 26.8 Å². The van der Waals surface area contributed by atoms with Gasteiger partial charge in [-0.1, -0.05) is 6.07 Å². The van der Waals surface area contributed by atoms with E-state index in [9.17, 15) is 14.4 Å². The zero-order chi connectivity index (χ0) is 18.7. The van der Waals surface area contributed by atoms with Crippen LogP contribution in [0.2, 0.25) is 0 Å². The van der Waals surface area contributed by atoms with E-state index in [-0.39, 0.29) is 24.1 Å². The minimum absolute atomic E-state index is 0.112. The molecule has 1 aromatic carbocycles. The van der Waals surface area contributed by atoms with Gasteiger partial charge in [-0.05, 0) is 37.3 Å². The second-order valence-electron chi connectivity index (χ2n) is 6.37. The van der Waals surface area contributed by atoms with Crippen LogP contribution < -0.4 is 15.5 Å². The van der Waals surface area contributed by atoms with Crippen molar-refractivity contribution in [3.63, 3.8) is 0 Å². The third kappa shape index (κ3) is 4.11. The van der Waals surface area contributed by atoms with E-state index in [1.165, 1.54) is 6.92 Å². The summed E-state index contributed by atoms with van der Waals surface area (Å²) in [6.45, 7) is 3.88. The second kappa shape index (κ2) is 7.43. The van der Waals surface area contributed by atoms with Crippen molar-refractivity contribution < 1.29 is 18.8 Å². The standard InChI is InChI=1S/C19H21N3O4/c1-12-6-7-17(26-12)10-20-19(25)14-8-18(24)22(11-14)16-5-3-4-15(9-16)21-13(2)23/h3-7,9,14H,8,10-11H2,1-2H3,(H,20,25)(H,21,23)/t14-/m0/s1. The first-order valence-corrected chi connectivity index (χ1v) is 8.43. The van der Waals surface area contributed by atoms with Crippen LogP contribution in [0.5, 0.6) is 0 Å². The Labute approximate surface area is 151 Å². The highest BCUT2D eigenvalue weighted by molar-refractivity contribution is 6.01. The van der Waals surface area contributed by atoms with Crippen molar-refractivity contribution in [1.82, 2.24) is 5.32 Å². The largest absolute Gasteiger partial charge is 0.465 e. The minimum atomic E-state index is -0.414. The maximum Gasteiger partial charge on any atom is 0.227 e. The molecule has 2 heterocycles. The molecule has 7 heteroatoms. The first-order chi connectivity index (χ1) is 12.4. The predicted octanol–water partition coefficient (Wildman–Crippen LogP) is 2.22. The molecule has 0 spiro atoms. The summed E-state index contributed by atoms with van der Waals surface area (Å²) < 4.78 is 5.43. The normalized spacial score (nSPS) is 16.6. The number of nitrogens with zero attached hydrogens (tertiary/aromatic N) is 1. The van der Waals surface area contributed by atoms with E-state index in [1.807, 2.05) is 19.1 Å². The van der Waals surface area contributed by atoms with Gasteiger partial charge >= 0.3 is 0 Å². The molecule has 1 aliphatic rings. The van der Waals surface area contributed by atoms with Crippen LogP contribution in [0.4, 0.5) is 11.4 Å². The molecule has 26 heavy (non-hydrogen) atoms. The van der Waals surface area contributed by atoms with E-state index in [0.717, 1.165) is 5.76 Å². The molecule has 3 rings (SSSR count). The van der Waals surface area contributed by atoms with Crippen LogP contribution >= 0.6 is 0 Å². The summed E-state index contributed by atoms with van der Waals surface area (Å²) in [5.74, 6) is 0.589. The monoisotopic (exact) mass is 355 g/mol. The Morgan fingerprint density at radius 2 is 2.08 bits per heavy atom. The van der Waals surface area contributed by atoms with Gasteiger partial charge in [-0.2, -0.15) is 0 Å². The smallest absolute Gasteiger partial charge is 0.227 e. The minimum Gasteiger partial charge on any atom is -0.465 e. The van der Waals surface area contributed by atoms with Gasteiger partial charge in [-0.25, -0.2) is 0 Å². The summed E-state index contributed by atoms with van der Waals surface area (Å²) in [6.07, 6.45) is 0.160. The molecule has 1 atom stereocenters. The molecule has 2 aromatic rings. The molecule has 3 amide bonds. The number of furan rings is 1. The fourth-order valence-corrected chi connectivity index (χ4v) is 2.99. The van der Waals surface area contributed by atoms with E-state index >= 15 is 0 Å². The summed E-state index contributed by atoms with van der Waals surface area (Å²) in [6, 6.07) is 10.7. The quantitative estimate of drug-likeness (QED) is 0.860. The summed E-state index contributed by atoms with van der Waals surface area (Å²) in [7, 11) is 0. The van der Waals surface area contributed by atoms with E-state index in [1.54, 1.807) is 29.2 Å². The summed E-state index contributed by atoms with van der Waals surface area (Å²) >= 11 is 0. The van der Waals surface area contributed by atoms with Crippen LogP contribution in [0.3, 0.4) is 0 Å². The average Bonchev–Trinajstić information content (AvgIpc) is 3.18. The molecule has 1 aliphatic heterocycles. The van der Waals surface area contributed by atoms with Gasteiger partial charge in [-0.3, -0.25) is 14.4 Å². The Morgan fingerprint density at radius 3 is 2.77 bits per heavy atom. The molecule has 1 aromatic heterocycles. The molecule has 0 saturated carbocycles. The highest BCUT2D eigenvalue weighted by Gasteiger charge is 2.35. The number of rotatable bonds is 5. The van der Waals surface area contributed by atoms with Crippen molar-refractivity contribution in [3.8, 4) is 0 Å². The number of carbonyl (C=O) groups is 3. The van der Waals surface area contributed by atoms with Gasteiger partial charge in [0, 0.05) is 31.3 Å². The summed E-state index contributed by atoms with van der Waals surface area (Å²) in [4.78, 5) is 37.5. The van der Waals surface area contributed by atoms with Gasteiger partial charge in [0.2, 0.25) is 17.7 Å². The fourth-order valence-electron chi connectivity index (χ4n) is 2.99. The Balaban J connectivity index is 1.62. The Kier molecular flexibility index (Phi) is 5.06. The zero-order valence-electron chi connectivity index (χ0n) is 14.7. The lowest BCUT2D eigenvalue weighted by Crippen LogP contribution is -2.32. The number of amides is 3. The lowest BCUT2D eigenvalue weighted by molar-refractivity contribution is -0.126. The molecule has 2 N–H and O–H groups in total. The molecule has 0 radical (unpaired) electrons. The summed E-state index contributed by atoms with van der Waals surface area (Å²) in [5.41, 5.74) is 1.28. The lowest BCUT2D eigenvalue weighted by atomic mass is 10.1. The van der Waals surface area contributed by atoms with Gasteiger partial charge in [0.25, 0.3) is 0 Å². The van der Waals surface area contributed by atoms with Crippen molar-refractivity contribution in [1.29, 1.82) is 0 Å². The molecule has 7 nitrogen and oxygen atoms in total. The van der Waals surface area contributed by atoms with E-state index in [2.05, 4.69) is 10.6 Å². The van der Waals surface area contributed by atoms with Crippen LogP contribution in [0.25, 0.3) is 0 Å². The van der Waals surface area contributed by atoms with Crippen LogP contribution in [0, 0.1) is 12.8 Å². The number of anilines is 2. The van der Waals surface area contributed by atoms with Crippen molar-refractivity contribution in [2.24, 2.45) is 5.92 Å². The molecule has 1 saturated heterocycles. The lowest BCUT2D eigenvalue weighted by Gasteiger charge is -2.17. The Bertz CT molecular complexity index is 843. The van der Waals surface area contributed by atoms with Crippen molar-refractivity contribution >= 4 is 29.1 Å². The van der Waals surface area contributed by atoms with E-state index in [0.29, 0.717) is 30.2 Å². The molecule has 1 fully saturated rings. The van der Waals surface area contributed by atoms with Crippen LogP contribution in [-0.2, 0) is 20.9 Å². The highest BCUT2D eigenvalue weighted by atomic mass is 16.3. The first kappa shape index (κ1) is 17.7. The third-order valence-corrected chi connectivity index (χ3v) is 4.21. The number of carbonyl (C=O) groups excluding carboxylic acids is 3. The van der Waals surface area contributed by atoms with E-state index in [4.69, 9.17) is 4.42 Å². The third-order valence-electron chi connectivity index (χ3n) is 4.21. The number of aryl methyl sites for hydroxylation is 1. The highest BCUT2D eigenvalue weighted by Crippen LogP contribution is 2.27. The van der Waals surface area contributed by atoms with Gasteiger partial charge in [0.05, 0.1) is 12.5 Å². The van der Waals surface area contributed by atoms with Crippen LogP contribution in [0.15, 0.2) is 40.8 Å². The molecule has 136 valence electrons. The van der Waals surface area contributed by atoms with Gasteiger partial charge in [-0.15, -0.1) is 0 Å². The Hall–Kier alpha value is -3.09. The zero-order valence-corrected chi connectivity index (χ0v) is 14.7. The molecule has 0 bridgehead atoms. The number of nitrogens with one attached hydrogen (secondary N) is 2. The first-order valence-electron chi connectivity index (χ1n) is 8.43. The van der Waals surface area contributed by atoms with Gasteiger partial charge in [0.1, 0.15) is 11.5 Å². The molecule has 0 unspecified atom stereocenters. The summed E-state index contributed by atoms with van der Waals surface area (Å²) in [5, 5.41) is 5.51. The fraction of sp³-hybridized carbons (Fsp3) is 0.316. The number of hydrogen-bond acceptors (Lipinski definition) is 4. The van der Waals surface area contributed by atoms with Crippen LogP contribution in [-0.4, -0.2) is 24.3 Å². The number of hydrogen-bond donors (Lipinski definition) is 2. The van der Waals surface area contributed by atoms with Gasteiger partial charge < -0.3 is 20.0 Å². The van der Waals surface area contributed by atoms with Crippen molar-refractivity contribution in [3.05, 3.63) is 47.9 Å². The topological polar surface area (TPSA) is 91.7 Å². The molecular formula is C19H21N3O4. The number of benzene rings is 1. The SMILES string of the molecule is CC(=O)Nc1cccc(N2C[C@@H](C(=O)NCc3ccc(C)o3)CC2=O)c1. The van der Waals surface area contributed by atoms with Gasteiger partial charge in [0.15, 0.2) is 0 Å². The maximum atomic E-state index is 12.4. The second-order valence-corrected chi connectivity index (χ2v) is 6.37. The van der Waals surface area contributed by atoms with Crippen molar-refractivity contribution in [2.75, 3.05) is 16.8 Å². The molecule has 0 aliphatic carbocycles. The predicted molar refractivity (Wildman–Crippen MR) is 96.5 cm³/mol.